The summed E-state index contributed by atoms with van der Waals surface area (Å²) in [7, 11) is 1.71. The number of carbonyl (C=O) groups excluding carboxylic acids is 1. The van der Waals surface area contributed by atoms with Crippen LogP contribution in [0.1, 0.15) is 40.5 Å². The van der Waals surface area contributed by atoms with Crippen LogP contribution in [0.3, 0.4) is 0 Å². The van der Waals surface area contributed by atoms with Crippen molar-refractivity contribution < 1.29 is 9.53 Å². The second kappa shape index (κ2) is 4.82. The van der Waals surface area contributed by atoms with Gasteiger partial charge in [-0.2, -0.15) is 0 Å². The van der Waals surface area contributed by atoms with Gasteiger partial charge in [-0.15, -0.1) is 0 Å². The van der Waals surface area contributed by atoms with E-state index in [2.05, 4.69) is 37.9 Å². The van der Waals surface area contributed by atoms with Crippen LogP contribution >= 0.6 is 0 Å². The van der Waals surface area contributed by atoms with Gasteiger partial charge in [-0.1, -0.05) is 27.7 Å². The van der Waals surface area contributed by atoms with Crippen LogP contribution in [-0.2, 0) is 9.53 Å². The zero-order valence-corrected chi connectivity index (χ0v) is 12.2. The van der Waals surface area contributed by atoms with Crippen LogP contribution in [0.5, 0.6) is 0 Å². The maximum absolute atomic E-state index is 12.6. The van der Waals surface area contributed by atoms with Crippen molar-refractivity contribution in [3.05, 3.63) is 0 Å². The van der Waals surface area contributed by atoms with Gasteiger partial charge in [0.2, 0.25) is 5.91 Å². The van der Waals surface area contributed by atoms with Crippen molar-refractivity contribution in [3.8, 4) is 0 Å². The quantitative estimate of drug-likeness (QED) is 0.810. The SMILES string of the molecule is COCC(C(C)C)N1C(=O)C2(CC2)NC1C(C)C. The Bertz CT molecular complexity index is 324. The van der Waals surface area contributed by atoms with Gasteiger partial charge in [-0.05, 0) is 24.7 Å². The smallest absolute Gasteiger partial charge is 0.244 e. The Kier molecular flexibility index (Phi) is 3.70. The molecule has 104 valence electrons. The van der Waals surface area contributed by atoms with E-state index in [4.69, 9.17) is 4.74 Å². The van der Waals surface area contributed by atoms with E-state index in [1.54, 1.807) is 7.11 Å². The van der Waals surface area contributed by atoms with Gasteiger partial charge in [0.25, 0.3) is 0 Å². The predicted octanol–water partition coefficient (Wildman–Crippen LogP) is 1.60. The molecule has 0 aromatic rings. The summed E-state index contributed by atoms with van der Waals surface area (Å²) in [5.74, 6) is 1.12. The lowest BCUT2D eigenvalue weighted by molar-refractivity contribution is -0.136. The molecular weight excluding hydrogens is 228 g/mol. The molecule has 1 saturated carbocycles. The Morgan fingerprint density at radius 3 is 2.39 bits per heavy atom. The van der Waals surface area contributed by atoms with E-state index < -0.39 is 0 Å². The van der Waals surface area contributed by atoms with Gasteiger partial charge in [0.05, 0.1) is 24.4 Å². The third-order valence-corrected chi connectivity index (χ3v) is 4.21. The van der Waals surface area contributed by atoms with Crippen LogP contribution in [0, 0.1) is 11.8 Å². The predicted molar refractivity (Wildman–Crippen MR) is 71.1 cm³/mol. The summed E-state index contributed by atoms with van der Waals surface area (Å²) < 4.78 is 5.32. The average molecular weight is 254 g/mol. The minimum atomic E-state index is -0.226. The molecule has 1 spiro atoms. The summed E-state index contributed by atoms with van der Waals surface area (Å²) in [6, 6.07) is 0.169. The second-order valence-corrected chi connectivity index (χ2v) is 6.39. The molecule has 0 aromatic carbocycles. The summed E-state index contributed by atoms with van der Waals surface area (Å²) >= 11 is 0. The van der Waals surface area contributed by atoms with Crippen LogP contribution in [0.2, 0.25) is 0 Å². The van der Waals surface area contributed by atoms with E-state index in [0.717, 1.165) is 12.8 Å². The van der Waals surface area contributed by atoms with Crippen molar-refractivity contribution >= 4 is 5.91 Å². The third kappa shape index (κ3) is 2.16. The highest BCUT2D eigenvalue weighted by molar-refractivity contribution is 5.92. The number of hydrogen-bond donors (Lipinski definition) is 1. The van der Waals surface area contributed by atoms with Gasteiger partial charge < -0.3 is 9.64 Å². The number of nitrogens with one attached hydrogen (secondary N) is 1. The molecule has 4 nitrogen and oxygen atoms in total. The monoisotopic (exact) mass is 254 g/mol. The van der Waals surface area contributed by atoms with E-state index >= 15 is 0 Å². The molecule has 2 fully saturated rings. The molecule has 1 heterocycles. The first-order valence-electron chi connectivity index (χ1n) is 7.02. The van der Waals surface area contributed by atoms with E-state index in [-0.39, 0.29) is 23.7 Å². The number of rotatable bonds is 5. The number of ether oxygens (including phenoxy) is 1. The van der Waals surface area contributed by atoms with Crippen molar-refractivity contribution in [2.45, 2.75) is 58.3 Å². The van der Waals surface area contributed by atoms with E-state index in [9.17, 15) is 4.79 Å². The number of nitrogens with zero attached hydrogens (tertiary/aromatic N) is 1. The Labute approximate surface area is 110 Å². The van der Waals surface area contributed by atoms with E-state index in [1.807, 2.05) is 0 Å². The van der Waals surface area contributed by atoms with Gasteiger partial charge >= 0.3 is 0 Å². The molecule has 1 aliphatic heterocycles. The average Bonchev–Trinajstić information content (AvgIpc) is 3.00. The normalized spacial score (nSPS) is 27.6. The third-order valence-electron chi connectivity index (χ3n) is 4.21. The standard InChI is InChI=1S/C14H26N2O2/c1-9(2)11(8-18-5)16-12(10(3)4)15-14(6-7-14)13(16)17/h9-12,15H,6-8H2,1-5H3. The molecule has 0 radical (unpaired) electrons. The van der Waals surface area contributed by atoms with Gasteiger partial charge in [-0.25, -0.2) is 0 Å². The lowest BCUT2D eigenvalue weighted by atomic mass is 10.0. The van der Waals surface area contributed by atoms with Gasteiger partial charge in [0, 0.05) is 7.11 Å². The minimum Gasteiger partial charge on any atom is -0.383 e. The molecule has 2 unspecified atom stereocenters. The van der Waals surface area contributed by atoms with Crippen LogP contribution in [-0.4, -0.2) is 42.3 Å². The summed E-state index contributed by atoms with van der Waals surface area (Å²) in [6.07, 6.45) is 2.13. The minimum absolute atomic E-state index is 0.155. The highest BCUT2D eigenvalue weighted by Crippen LogP contribution is 2.44. The Morgan fingerprint density at radius 1 is 1.39 bits per heavy atom. The first-order chi connectivity index (χ1) is 8.43. The van der Waals surface area contributed by atoms with Crippen LogP contribution in [0.25, 0.3) is 0 Å². The van der Waals surface area contributed by atoms with Crippen LogP contribution < -0.4 is 5.32 Å². The molecule has 1 saturated heterocycles. The molecule has 2 rings (SSSR count). The zero-order valence-electron chi connectivity index (χ0n) is 12.2. The summed E-state index contributed by atoms with van der Waals surface area (Å²) in [4.78, 5) is 14.7. The number of carbonyl (C=O) groups is 1. The van der Waals surface area contributed by atoms with Gasteiger partial charge in [0.1, 0.15) is 0 Å². The van der Waals surface area contributed by atoms with Crippen molar-refractivity contribution in [2.75, 3.05) is 13.7 Å². The number of hydrogen-bond acceptors (Lipinski definition) is 3. The second-order valence-electron chi connectivity index (χ2n) is 6.39. The zero-order chi connectivity index (χ0) is 13.5. The molecule has 1 amide bonds. The fourth-order valence-corrected chi connectivity index (χ4v) is 2.88. The maximum Gasteiger partial charge on any atom is 0.244 e. The fourth-order valence-electron chi connectivity index (χ4n) is 2.88. The summed E-state index contributed by atoms with van der Waals surface area (Å²) in [6.45, 7) is 9.27. The number of amides is 1. The first kappa shape index (κ1) is 13.8. The largest absolute Gasteiger partial charge is 0.383 e. The van der Waals surface area contributed by atoms with Crippen molar-refractivity contribution in [1.29, 1.82) is 0 Å². The topological polar surface area (TPSA) is 41.6 Å². The number of methoxy groups -OCH3 is 1. The Hall–Kier alpha value is -0.610. The fraction of sp³-hybridized carbons (Fsp3) is 0.929. The Balaban J connectivity index is 2.23. The highest BCUT2D eigenvalue weighted by Gasteiger charge is 2.60. The lowest BCUT2D eigenvalue weighted by Gasteiger charge is -2.36. The van der Waals surface area contributed by atoms with Crippen LogP contribution in [0.15, 0.2) is 0 Å². The van der Waals surface area contributed by atoms with Crippen molar-refractivity contribution in [2.24, 2.45) is 11.8 Å². The lowest BCUT2D eigenvalue weighted by Crippen LogP contribution is -2.51. The molecule has 4 heteroatoms. The summed E-state index contributed by atoms with van der Waals surface area (Å²) in [5.41, 5.74) is -0.226. The van der Waals surface area contributed by atoms with E-state index in [1.165, 1.54) is 0 Å². The maximum atomic E-state index is 12.6. The Morgan fingerprint density at radius 2 is 2.00 bits per heavy atom. The molecule has 1 N–H and O–H groups in total. The highest BCUT2D eigenvalue weighted by atomic mass is 16.5. The molecule has 0 bridgehead atoms. The first-order valence-corrected chi connectivity index (χ1v) is 7.02. The summed E-state index contributed by atoms with van der Waals surface area (Å²) in [5, 5.41) is 3.56. The molecule has 2 aliphatic rings. The van der Waals surface area contributed by atoms with Crippen molar-refractivity contribution in [1.82, 2.24) is 10.2 Å². The van der Waals surface area contributed by atoms with Gasteiger partial charge in [-0.3, -0.25) is 10.1 Å². The molecular formula is C14H26N2O2. The van der Waals surface area contributed by atoms with Crippen molar-refractivity contribution in [3.63, 3.8) is 0 Å². The van der Waals surface area contributed by atoms with Crippen LogP contribution in [0.4, 0.5) is 0 Å². The van der Waals surface area contributed by atoms with E-state index in [0.29, 0.717) is 18.4 Å². The molecule has 18 heavy (non-hydrogen) atoms. The molecule has 0 aromatic heterocycles. The molecule has 1 aliphatic carbocycles. The van der Waals surface area contributed by atoms with Gasteiger partial charge in [0.15, 0.2) is 0 Å². The molecule has 2 atom stereocenters.